The molecule has 0 saturated heterocycles. The van der Waals surface area contributed by atoms with E-state index in [1.54, 1.807) is 0 Å². The number of hydrogen-bond acceptors (Lipinski definition) is 3. The largest absolute Gasteiger partial charge is 0.478 e. The van der Waals surface area contributed by atoms with Crippen molar-refractivity contribution in [1.82, 2.24) is 0 Å². The fourth-order valence-corrected chi connectivity index (χ4v) is 1.54. The fourth-order valence-electron chi connectivity index (χ4n) is 1.54. The van der Waals surface area contributed by atoms with Crippen LogP contribution in [-0.2, 0) is 14.3 Å². The lowest BCUT2D eigenvalue weighted by molar-refractivity contribution is -0.133. The second-order valence-corrected chi connectivity index (χ2v) is 3.75. The molecule has 0 atom stereocenters. The molecule has 0 spiro atoms. The number of unbranched alkanes of at least 4 members (excludes halogenated alkanes) is 3. The minimum atomic E-state index is -1.11. The molecule has 0 saturated carbocycles. The van der Waals surface area contributed by atoms with E-state index in [-0.39, 0.29) is 5.76 Å². The van der Waals surface area contributed by atoms with E-state index >= 15 is 0 Å². The molecule has 0 unspecified atom stereocenters. The van der Waals surface area contributed by atoms with Gasteiger partial charge in [-0.3, -0.25) is 0 Å². The van der Waals surface area contributed by atoms with E-state index in [9.17, 15) is 9.59 Å². The van der Waals surface area contributed by atoms with Crippen LogP contribution in [0.1, 0.15) is 39.0 Å². The van der Waals surface area contributed by atoms with Crippen LogP contribution in [0.15, 0.2) is 23.5 Å². The van der Waals surface area contributed by atoms with E-state index in [0.717, 1.165) is 31.8 Å². The van der Waals surface area contributed by atoms with E-state index in [0.29, 0.717) is 12.0 Å². The van der Waals surface area contributed by atoms with Crippen LogP contribution in [0.4, 0.5) is 0 Å². The molecule has 0 aromatic carbocycles. The molecule has 0 aliphatic carbocycles. The van der Waals surface area contributed by atoms with Crippen LogP contribution in [0, 0.1) is 0 Å². The van der Waals surface area contributed by atoms with Gasteiger partial charge in [-0.1, -0.05) is 26.2 Å². The van der Waals surface area contributed by atoms with Crippen molar-refractivity contribution in [1.29, 1.82) is 0 Å². The zero-order valence-corrected chi connectivity index (χ0v) is 9.36. The summed E-state index contributed by atoms with van der Waals surface area (Å²) < 4.78 is 4.79. The van der Waals surface area contributed by atoms with E-state index in [2.05, 4.69) is 6.92 Å². The number of carboxylic acid groups (broad SMARTS) is 1. The third kappa shape index (κ3) is 3.88. The van der Waals surface area contributed by atoms with E-state index in [1.807, 2.05) is 0 Å². The number of esters is 1. The molecule has 0 fully saturated rings. The zero-order valence-electron chi connectivity index (χ0n) is 9.36. The van der Waals surface area contributed by atoms with Crippen molar-refractivity contribution in [3.8, 4) is 0 Å². The quantitative estimate of drug-likeness (QED) is 0.427. The summed E-state index contributed by atoms with van der Waals surface area (Å²) in [5.74, 6) is -1.39. The molecule has 0 bridgehead atoms. The minimum Gasteiger partial charge on any atom is -0.478 e. The first-order valence-corrected chi connectivity index (χ1v) is 5.51. The van der Waals surface area contributed by atoms with Crippen molar-refractivity contribution in [2.75, 3.05) is 0 Å². The normalized spacial score (nSPS) is 17.4. The lowest BCUT2D eigenvalue weighted by atomic mass is 10.1. The van der Waals surface area contributed by atoms with Crippen LogP contribution in [0.3, 0.4) is 0 Å². The third-order valence-corrected chi connectivity index (χ3v) is 2.35. The maximum Gasteiger partial charge on any atom is 0.339 e. The second-order valence-electron chi connectivity index (χ2n) is 3.75. The Labute approximate surface area is 94.6 Å². The molecule has 1 rings (SSSR count). The molecular weight excluding hydrogens is 208 g/mol. The standard InChI is InChI=1S/C12H16O4/c1-2-3-4-5-6-9-7-10(8-11(13)14)16-12(9)15/h7-8H,2-6H2,1H3,(H,13,14). The molecule has 0 radical (unpaired) electrons. The highest BCUT2D eigenvalue weighted by Crippen LogP contribution is 2.21. The first-order chi connectivity index (χ1) is 7.63. The molecule has 0 amide bonds. The SMILES string of the molecule is CCCCCCC1=CC(=CC(=O)O)OC1=O. The van der Waals surface area contributed by atoms with Gasteiger partial charge in [0.05, 0.1) is 6.08 Å². The molecule has 0 aromatic heterocycles. The molecular formula is C12H16O4. The first kappa shape index (κ1) is 12.5. The third-order valence-electron chi connectivity index (χ3n) is 2.35. The number of ether oxygens (including phenoxy) is 1. The maximum atomic E-state index is 11.3. The summed E-state index contributed by atoms with van der Waals surface area (Å²) in [5.41, 5.74) is 0.573. The Morgan fingerprint density at radius 2 is 2.19 bits per heavy atom. The van der Waals surface area contributed by atoms with Gasteiger partial charge in [-0.15, -0.1) is 0 Å². The van der Waals surface area contributed by atoms with Gasteiger partial charge < -0.3 is 9.84 Å². The Bertz CT molecular complexity index is 339. The molecule has 1 aliphatic rings. The second kappa shape index (κ2) is 6.10. The van der Waals surface area contributed by atoms with Crippen molar-refractivity contribution >= 4 is 11.9 Å². The van der Waals surface area contributed by atoms with Crippen molar-refractivity contribution in [3.63, 3.8) is 0 Å². The van der Waals surface area contributed by atoms with Crippen molar-refractivity contribution in [3.05, 3.63) is 23.5 Å². The van der Waals surface area contributed by atoms with Crippen LogP contribution in [-0.4, -0.2) is 17.0 Å². The summed E-state index contributed by atoms with van der Waals surface area (Å²) in [7, 11) is 0. The van der Waals surface area contributed by atoms with Crippen molar-refractivity contribution in [2.24, 2.45) is 0 Å². The number of rotatable bonds is 6. The zero-order chi connectivity index (χ0) is 12.0. The molecule has 1 N–H and O–H groups in total. The Morgan fingerprint density at radius 1 is 1.44 bits per heavy atom. The molecule has 4 heteroatoms. The average Bonchev–Trinajstić information content (AvgIpc) is 2.53. The topological polar surface area (TPSA) is 63.6 Å². The molecule has 1 aliphatic heterocycles. The van der Waals surface area contributed by atoms with Gasteiger partial charge in [-0.25, -0.2) is 9.59 Å². The first-order valence-electron chi connectivity index (χ1n) is 5.51. The number of allylic oxidation sites excluding steroid dienone is 1. The number of carboxylic acids is 1. The number of aliphatic carboxylic acids is 1. The Balaban J connectivity index is 2.47. The summed E-state index contributed by atoms with van der Waals surface area (Å²) in [5, 5.41) is 8.50. The lowest BCUT2D eigenvalue weighted by Gasteiger charge is -1.98. The van der Waals surface area contributed by atoms with Gasteiger partial charge in [0.25, 0.3) is 0 Å². The summed E-state index contributed by atoms with van der Waals surface area (Å²) in [4.78, 5) is 21.7. The summed E-state index contributed by atoms with van der Waals surface area (Å²) >= 11 is 0. The number of hydrogen-bond donors (Lipinski definition) is 1. The van der Waals surface area contributed by atoms with E-state index in [4.69, 9.17) is 9.84 Å². The van der Waals surface area contributed by atoms with E-state index in [1.165, 1.54) is 6.08 Å². The van der Waals surface area contributed by atoms with Gasteiger partial charge >= 0.3 is 11.9 Å². The van der Waals surface area contributed by atoms with E-state index < -0.39 is 11.9 Å². The highest BCUT2D eigenvalue weighted by Gasteiger charge is 2.20. The molecule has 16 heavy (non-hydrogen) atoms. The fraction of sp³-hybridized carbons (Fsp3) is 0.500. The van der Waals surface area contributed by atoms with Crippen molar-refractivity contribution in [2.45, 2.75) is 39.0 Å². The van der Waals surface area contributed by atoms with Gasteiger partial charge in [0.1, 0.15) is 5.76 Å². The Kier molecular flexibility index (Phi) is 4.76. The number of cyclic esters (lactones) is 1. The number of carbonyl (C=O) groups is 2. The number of carbonyl (C=O) groups excluding carboxylic acids is 1. The van der Waals surface area contributed by atoms with Gasteiger partial charge in [0, 0.05) is 5.57 Å². The summed E-state index contributed by atoms with van der Waals surface area (Å²) in [6.45, 7) is 2.12. The predicted octanol–water partition coefficient (Wildman–Crippen LogP) is 2.41. The van der Waals surface area contributed by atoms with Crippen LogP contribution in [0.25, 0.3) is 0 Å². The highest BCUT2D eigenvalue weighted by atomic mass is 16.5. The van der Waals surface area contributed by atoms with Crippen LogP contribution in [0.5, 0.6) is 0 Å². The highest BCUT2D eigenvalue weighted by molar-refractivity contribution is 5.94. The predicted molar refractivity (Wildman–Crippen MR) is 58.7 cm³/mol. The Morgan fingerprint density at radius 3 is 2.81 bits per heavy atom. The maximum absolute atomic E-state index is 11.3. The average molecular weight is 224 g/mol. The van der Waals surface area contributed by atoms with Crippen molar-refractivity contribution < 1.29 is 19.4 Å². The van der Waals surface area contributed by atoms with Gasteiger partial charge in [-0.2, -0.15) is 0 Å². The molecule has 88 valence electrons. The molecule has 1 heterocycles. The van der Waals surface area contributed by atoms with Gasteiger partial charge in [0.15, 0.2) is 0 Å². The van der Waals surface area contributed by atoms with Crippen LogP contribution in [0.2, 0.25) is 0 Å². The monoisotopic (exact) mass is 224 g/mol. The van der Waals surface area contributed by atoms with Gasteiger partial charge in [0.2, 0.25) is 0 Å². The molecule has 4 nitrogen and oxygen atoms in total. The van der Waals surface area contributed by atoms with Gasteiger partial charge in [-0.05, 0) is 18.9 Å². The lowest BCUT2D eigenvalue weighted by Crippen LogP contribution is -1.99. The Hall–Kier alpha value is -1.58. The smallest absolute Gasteiger partial charge is 0.339 e. The summed E-state index contributed by atoms with van der Waals surface area (Å²) in [6.07, 6.45) is 7.40. The minimum absolute atomic E-state index is 0.128. The molecule has 0 aromatic rings. The van der Waals surface area contributed by atoms with Crippen LogP contribution < -0.4 is 0 Å². The van der Waals surface area contributed by atoms with Crippen LogP contribution >= 0.6 is 0 Å². The summed E-state index contributed by atoms with van der Waals surface area (Å²) in [6, 6.07) is 0.